The number of rotatable bonds is 2. The Kier molecular flexibility index (Phi) is 16.9. The Balaban J connectivity index is 0.000000329. The fourth-order valence-electron chi connectivity index (χ4n) is 6.67. The van der Waals surface area contributed by atoms with Gasteiger partial charge in [-0.2, -0.15) is 35.7 Å². The molecule has 2 aliphatic carbocycles. The summed E-state index contributed by atoms with van der Waals surface area (Å²) in [6.45, 7) is 41.3. The molecule has 0 bridgehead atoms. The van der Waals surface area contributed by atoms with Gasteiger partial charge in [-0.25, -0.2) is 0 Å². The molecule has 0 aromatic heterocycles. The molecule has 6 heteroatoms. The van der Waals surface area contributed by atoms with E-state index in [2.05, 4.69) is 185 Å². The van der Waals surface area contributed by atoms with E-state index >= 15 is 0 Å². The number of hydrogen-bond donors (Lipinski definition) is 0. The Morgan fingerprint density at radius 1 is 0.519 bits per heavy atom. The van der Waals surface area contributed by atoms with Gasteiger partial charge in [-0.1, -0.05) is 158 Å². The Morgan fingerprint density at radius 3 is 0.981 bits per heavy atom. The number of hydrogen-bond acceptors (Lipinski definition) is 2. The summed E-state index contributed by atoms with van der Waals surface area (Å²) in [5.41, 5.74) is 17.4. The molecule has 0 saturated carbocycles. The maximum atomic E-state index is 3.59. The quantitative estimate of drug-likeness (QED) is 0.219. The molecule has 0 radical (unpaired) electrons. The second-order valence-corrected chi connectivity index (χ2v) is 34.9. The number of benzene rings is 2. The molecule has 2 atom stereocenters. The molecule has 2 aliphatic heterocycles. The van der Waals surface area contributed by atoms with Crippen LogP contribution in [0.4, 0.5) is 0 Å². The van der Waals surface area contributed by atoms with Crippen LogP contribution in [0.3, 0.4) is 0 Å². The van der Waals surface area contributed by atoms with Crippen LogP contribution in [0.5, 0.6) is 0 Å². The van der Waals surface area contributed by atoms with Crippen LogP contribution in [-0.2, 0) is 44.7 Å². The summed E-state index contributed by atoms with van der Waals surface area (Å²) in [5, 5.41) is 0.991. The van der Waals surface area contributed by atoms with Crippen molar-refractivity contribution in [2.75, 3.05) is 0 Å². The van der Waals surface area contributed by atoms with Crippen molar-refractivity contribution in [1.29, 1.82) is 0 Å². The van der Waals surface area contributed by atoms with Crippen molar-refractivity contribution in [3.05, 3.63) is 126 Å². The van der Waals surface area contributed by atoms with E-state index in [1.807, 2.05) is 23.5 Å². The first kappa shape index (κ1) is 49.4. The fourth-order valence-corrected chi connectivity index (χ4v) is 9.23. The number of fused-ring (bicyclic) bond motifs is 2. The molecule has 0 spiro atoms. The molecule has 0 N–H and O–H groups in total. The van der Waals surface area contributed by atoms with E-state index in [0.717, 1.165) is 0 Å². The van der Waals surface area contributed by atoms with Crippen molar-refractivity contribution in [3.8, 4) is 0 Å². The second kappa shape index (κ2) is 18.4. The van der Waals surface area contributed by atoms with E-state index in [9.17, 15) is 0 Å². The number of thioether (sulfide) groups is 2. The zero-order valence-electron chi connectivity index (χ0n) is 36.3. The molecule has 0 fully saturated rings. The monoisotopic (exact) mass is 982 g/mol. The molecule has 2 aromatic rings. The molecule has 2 aromatic carbocycles. The van der Waals surface area contributed by atoms with Gasteiger partial charge in [-0.3, -0.25) is 0 Å². The largest absolute Gasteiger partial charge is 1.00 e. The van der Waals surface area contributed by atoms with Gasteiger partial charge >= 0.3 is 41.6 Å². The molecule has 2 unspecified atom stereocenters. The summed E-state index contributed by atoms with van der Waals surface area (Å²) in [6, 6.07) is 14.4. The first-order valence-corrected chi connectivity index (χ1v) is 28.6. The minimum Gasteiger partial charge on any atom is -1.00 e. The molecule has 4 aliphatic rings. The van der Waals surface area contributed by atoms with E-state index in [4.69, 9.17) is 0 Å². The number of allylic oxidation sites excluding steroid dienone is 8. The normalized spacial score (nSPS) is 19.3. The Morgan fingerprint density at radius 2 is 0.759 bits per heavy atom. The minimum absolute atomic E-state index is 0. The molecule has 0 amide bonds. The van der Waals surface area contributed by atoms with Crippen LogP contribution in [0.1, 0.15) is 144 Å². The summed E-state index contributed by atoms with van der Waals surface area (Å²) in [5.74, 6) is 0. The Bertz CT molecular complexity index is 1740. The van der Waals surface area contributed by atoms with Gasteiger partial charge in [0, 0.05) is 0 Å². The third kappa shape index (κ3) is 12.1. The van der Waals surface area contributed by atoms with Gasteiger partial charge in [0.1, 0.15) is 0 Å². The van der Waals surface area contributed by atoms with Gasteiger partial charge in [0.05, 0.1) is 0 Å². The summed E-state index contributed by atoms with van der Waals surface area (Å²) in [6.07, 6.45) is 11.7. The van der Waals surface area contributed by atoms with Crippen LogP contribution in [0.2, 0.25) is 13.1 Å². The third-order valence-corrected chi connectivity index (χ3v) is 12.1. The van der Waals surface area contributed by atoms with Gasteiger partial charge < -0.3 is 24.8 Å². The van der Waals surface area contributed by atoms with E-state index in [1.54, 1.807) is 0 Å². The van der Waals surface area contributed by atoms with Crippen LogP contribution in [-0.4, -0.2) is 16.0 Å². The van der Waals surface area contributed by atoms with E-state index in [-0.39, 0.29) is 52.0 Å². The second-order valence-electron chi connectivity index (χ2n) is 19.3. The van der Waals surface area contributed by atoms with E-state index < -0.39 is 0 Å². The molecule has 54 heavy (non-hydrogen) atoms. The molecular formula is C48H64Cl2HfS2Si-2. The van der Waals surface area contributed by atoms with Gasteiger partial charge in [0.25, 0.3) is 0 Å². The minimum atomic E-state index is 0. The molecular weight excluding hydrogens is 918 g/mol. The molecule has 6 rings (SSSR count). The van der Waals surface area contributed by atoms with Crippen molar-refractivity contribution in [3.63, 3.8) is 0 Å². The Hall–Kier alpha value is -0.753. The summed E-state index contributed by atoms with van der Waals surface area (Å²) < 4.78 is 0. The van der Waals surface area contributed by atoms with Crippen molar-refractivity contribution >= 4 is 40.2 Å². The first-order chi connectivity index (χ1) is 23.7. The zero-order valence-corrected chi connectivity index (χ0v) is 44.1. The molecule has 2 heterocycles. The topological polar surface area (TPSA) is 0 Å². The van der Waals surface area contributed by atoms with Crippen molar-refractivity contribution in [1.82, 2.24) is 0 Å². The smallest absolute Gasteiger partial charge is 1.00 e. The molecule has 0 saturated heterocycles. The third-order valence-electron chi connectivity index (χ3n) is 9.74. The van der Waals surface area contributed by atoms with Crippen LogP contribution in [0.25, 0.3) is 11.1 Å². The summed E-state index contributed by atoms with van der Waals surface area (Å²) in [4.78, 5) is 2.79. The van der Waals surface area contributed by atoms with Gasteiger partial charge in [0.2, 0.25) is 0 Å². The maximum absolute atomic E-state index is 3.59. The Labute approximate surface area is 367 Å². The van der Waals surface area contributed by atoms with E-state index in [0.29, 0.717) is 10.5 Å². The fraction of sp³-hybridized carbons (Fsp3) is 0.500. The summed E-state index contributed by atoms with van der Waals surface area (Å²) >= 11 is 5.40. The van der Waals surface area contributed by atoms with Crippen molar-refractivity contribution < 1.29 is 47.8 Å². The van der Waals surface area contributed by atoms with Crippen LogP contribution < -0.4 is 24.8 Å². The van der Waals surface area contributed by atoms with Gasteiger partial charge in [-0.05, 0) is 54.4 Å². The summed E-state index contributed by atoms with van der Waals surface area (Å²) in [7, 11) is 0. The van der Waals surface area contributed by atoms with Gasteiger partial charge in [-0.15, -0.1) is 55.4 Å². The van der Waals surface area contributed by atoms with E-state index in [1.165, 1.54) is 99.6 Å². The first-order valence-electron chi connectivity index (χ1n) is 19.0. The average molecular weight is 983 g/mol. The SMILES string of the molecule is CC1=[C-]C2=C(c3cc(C(C)(C)C)cc(C(C)(C)C)c3)C(C)SC2=C1.CC1=[C-]C2=C(c3cc(C(C)(C)C)cc(C(C)(C)C)c3)C(C)SC2=C1.C[Si](C)=[Hf+2].[Cl-].[Cl-]. The predicted molar refractivity (Wildman–Crippen MR) is 234 cm³/mol. The van der Waals surface area contributed by atoms with Crippen molar-refractivity contribution in [2.45, 2.75) is 156 Å². The average Bonchev–Trinajstić information content (AvgIpc) is 3.67. The van der Waals surface area contributed by atoms with Crippen LogP contribution in [0.15, 0.2) is 80.7 Å². The van der Waals surface area contributed by atoms with Gasteiger partial charge in [0.15, 0.2) is 0 Å². The number of halogens is 2. The van der Waals surface area contributed by atoms with Crippen LogP contribution >= 0.6 is 23.5 Å². The van der Waals surface area contributed by atoms with Crippen LogP contribution in [0, 0.1) is 12.2 Å². The predicted octanol–water partition coefficient (Wildman–Crippen LogP) is 8.43. The maximum Gasteiger partial charge on any atom is -1.00 e. The molecule has 292 valence electrons. The van der Waals surface area contributed by atoms with Crippen molar-refractivity contribution in [2.24, 2.45) is 0 Å². The zero-order chi connectivity index (χ0) is 39.3. The molecule has 0 nitrogen and oxygen atoms in total. The standard InChI is InChI=1S/2C23H29S.C2H6Si.2ClH.Hf/c2*1-14-9-19-20(10-14)24-15(2)21(19)16-11-17(22(3,4)5)13-18(12-16)23(6,7)8;1-3-2;;;/h2*10-13,15H,1-8H3;1-2H3;2*1H;/q2*-1;;;;+2/p-2.